The summed E-state index contributed by atoms with van der Waals surface area (Å²) in [6.45, 7) is 9.73. The second-order valence-corrected chi connectivity index (χ2v) is 5.39. The molecule has 2 heteroatoms. The Hall–Kier alpha value is -0.0800. The van der Waals surface area contributed by atoms with Crippen LogP contribution < -0.4 is 0 Å². The standard InChI is InChI=1S/C14H30N2/c1-4-5-6-7-8-9-14(2)16-12-10-15(3)11-13-16/h14H,4-13H2,1-3H3. The molecule has 0 saturated carbocycles. The summed E-state index contributed by atoms with van der Waals surface area (Å²) < 4.78 is 0. The molecule has 1 saturated heterocycles. The molecule has 96 valence electrons. The molecule has 16 heavy (non-hydrogen) atoms. The van der Waals surface area contributed by atoms with E-state index >= 15 is 0 Å². The van der Waals surface area contributed by atoms with Gasteiger partial charge in [0, 0.05) is 32.2 Å². The summed E-state index contributed by atoms with van der Waals surface area (Å²) in [7, 11) is 2.23. The van der Waals surface area contributed by atoms with Crippen LogP contribution in [0.25, 0.3) is 0 Å². The molecule has 0 aromatic heterocycles. The topological polar surface area (TPSA) is 6.48 Å². The highest BCUT2D eigenvalue weighted by molar-refractivity contribution is 4.74. The normalized spacial score (nSPS) is 21.2. The van der Waals surface area contributed by atoms with Crippen molar-refractivity contribution in [2.75, 3.05) is 33.2 Å². The number of piperazine rings is 1. The molecule has 0 amide bonds. The summed E-state index contributed by atoms with van der Waals surface area (Å²) in [5.41, 5.74) is 0. The molecular weight excluding hydrogens is 196 g/mol. The summed E-state index contributed by atoms with van der Waals surface area (Å²) in [5.74, 6) is 0. The van der Waals surface area contributed by atoms with E-state index in [-0.39, 0.29) is 0 Å². The van der Waals surface area contributed by atoms with Gasteiger partial charge in [0.25, 0.3) is 0 Å². The first-order chi connectivity index (χ1) is 7.74. The lowest BCUT2D eigenvalue weighted by Gasteiger charge is -2.36. The number of unbranched alkanes of at least 4 members (excludes halogenated alkanes) is 4. The number of hydrogen-bond donors (Lipinski definition) is 0. The largest absolute Gasteiger partial charge is 0.304 e. The Bertz CT molecular complexity index is 162. The van der Waals surface area contributed by atoms with E-state index < -0.39 is 0 Å². The van der Waals surface area contributed by atoms with Crippen molar-refractivity contribution in [3.05, 3.63) is 0 Å². The van der Waals surface area contributed by atoms with Crippen LogP contribution in [0.15, 0.2) is 0 Å². The lowest BCUT2D eigenvalue weighted by Crippen LogP contribution is -2.48. The van der Waals surface area contributed by atoms with Gasteiger partial charge in [-0.15, -0.1) is 0 Å². The highest BCUT2D eigenvalue weighted by Gasteiger charge is 2.18. The molecule has 2 nitrogen and oxygen atoms in total. The number of rotatable bonds is 7. The average Bonchev–Trinajstić information content (AvgIpc) is 2.29. The van der Waals surface area contributed by atoms with Crippen LogP contribution in [0, 0.1) is 0 Å². The lowest BCUT2D eigenvalue weighted by atomic mass is 10.1. The van der Waals surface area contributed by atoms with E-state index in [1.54, 1.807) is 0 Å². The Balaban J connectivity index is 2.03. The quantitative estimate of drug-likeness (QED) is 0.616. The van der Waals surface area contributed by atoms with Crippen molar-refractivity contribution in [2.24, 2.45) is 0 Å². The summed E-state index contributed by atoms with van der Waals surface area (Å²) in [6, 6.07) is 0.801. The lowest BCUT2D eigenvalue weighted by molar-refractivity contribution is 0.113. The zero-order valence-electron chi connectivity index (χ0n) is 11.5. The van der Waals surface area contributed by atoms with E-state index in [1.807, 2.05) is 0 Å². The molecule has 0 bridgehead atoms. The maximum Gasteiger partial charge on any atom is 0.0113 e. The minimum atomic E-state index is 0.801. The van der Waals surface area contributed by atoms with E-state index in [9.17, 15) is 0 Å². The zero-order valence-corrected chi connectivity index (χ0v) is 11.5. The molecule has 1 heterocycles. The Labute approximate surface area is 102 Å². The first-order valence-corrected chi connectivity index (χ1v) is 7.16. The fraction of sp³-hybridized carbons (Fsp3) is 1.00. The van der Waals surface area contributed by atoms with Crippen molar-refractivity contribution in [1.82, 2.24) is 9.80 Å². The Morgan fingerprint density at radius 1 is 0.938 bits per heavy atom. The zero-order chi connectivity index (χ0) is 11.8. The van der Waals surface area contributed by atoms with Crippen molar-refractivity contribution in [3.63, 3.8) is 0 Å². The molecule has 1 rings (SSSR count). The van der Waals surface area contributed by atoms with Gasteiger partial charge in [-0.1, -0.05) is 39.0 Å². The number of hydrogen-bond acceptors (Lipinski definition) is 2. The second kappa shape index (κ2) is 8.08. The van der Waals surface area contributed by atoms with E-state index in [0.29, 0.717) is 0 Å². The van der Waals surface area contributed by atoms with Crippen LogP contribution >= 0.6 is 0 Å². The van der Waals surface area contributed by atoms with Gasteiger partial charge in [-0.25, -0.2) is 0 Å². The third-order valence-electron chi connectivity index (χ3n) is 3.89. The maximum absolute atomic E-state index is 2.67. The fourth-order valence-electron chi connectivity index (χ4n) is 2.49. The molecule has 1 unspecified atom stereocenters. The van der Waals surface area contributed by atoms with Crippen molar-refractivity contribution in [1.29, 1.82) is 0 Å². The minimum absolute atomic E-state index is 0.801. The van der Waals surface area contributed by atoms with Crippen molar-refractivity contribution in [3.8, 4) is 0 Å². The average molecular weight is 226 g/mol. The van der Waals surface area contributed by atoms with Gasteiger partial charge >= 0.3 is 0 Å². The molecule has 1 fully saturated rings. The highest BCUT2D eigenvalue weighted by atomic mass is 15.3. The van der Waals surface area contributed by atoms with Gasteiger partial charge in [-0.2, -0.15) is 0 Å². The molecule has 0 aromatic carbocycles. The highest BCUT2D eigenvalue weighted by Crippen LogP contribution is 2.13. The monoisotopic (exact) mass is 226 g/mol. The van der Waals surface area contributed by atoms with Crippen LogP contribution in [-0.2, 0) is 0 Å². The van der Waals surface area contributed by atoms with Gasteiger partial charge < -0.3 is 4.90 Å². The molecule has 1 aliphatic heterocycles. The van der Waals surface area contributed by atoms with Gasteiger partial charge in [-0.05, 0) is 20.4 Å². The van der Waals surface area contributed by atoms with Crippen LogP contribution in [0.1, 0.15) is 52.4 Å². The summed E-state index contributed by atoms with van der Waals surface area (Å²) >= 11 is 0. The minimum Gasteiger partial charge on any atom is -0.304 e. The molecule has 0 N–H and O–H groups in total. The SMILES string of the molecule is CCCCCCCC(C)N1CCN(C)CC1. The third kappa shape index (κ3) is 5.31. The van der Waals surface area contributed by atoms with E-state index in [4.69, 9.17) is 0 Å². The molecule has 0 aromatic rings. The molecule has 0 spiro atoms. The van der Waals surface area contributed by atoms with E-state index in [0.717, 1.165) is 6.04 Å². The van der Waals surface area contributed by atoms with Crippen molar-refractivity contribution < 1.29 is 0 Å². The predicted molar refractivity (Wildman–Crippen MR) is 71.9 cm³/mol. The van der Waals surface area contributed by atoms with E-state index in [2.05, 4.69) is 30.7 Å². The molecular formula is C14H30N2. The van der Waals surface area contributed by atoms with Crippen LogP contribution in [0.3, 0.4) is 0 Å². The Morgan fingerprint density at radius 3 is 2.19 bits per heavy atom. The summed E-state index contributed by atoms with van der Waals surface area (Å²) in [5, 5.41) is 0. The maximum atomic E-state index is 2.67. The van der Waals surface area contributed by atoms with Crippen molar-refractivity contribution in [2.45, 2.75) is 58.4 Å². The van der Waals surface area contributed by atoms with Crippen LogP contribution in [0.5, 0.6) is 0 Å². The first kappa shape index (κ1) is 14.0. The van der Waals surface area contributed by atoms with Crippen LogP contribution in [-0.4, -0.2) is 49.1 Å². The smallest absolute Gasteiger partial charge is 0.0113 e. The number of nitrogens with zero attached hydrogens (tertiary/aromatic N) is 2. The summed E-state index contributed by atoms with van der Waals surface area (Å²) in [4.78, 5) is 5.10. The molecule has 1 aliphatic rings. The molecule has 0 aliphatic carbocycles. The van der Waals surface area contributed by atoms with Crippen LogP contribution in [0.2, 0.25) is 0 Å². The van der Waals surface area contributed by atoms with Gasteiger partial charge in [-0.3, -0.25) is 4.90 Å². The Morgan fingerprint density at radius 2 is 1.56 bits per heavy atom. The van der Waals surface area contributed by atoms with Gasteiger partial charge in [0.15, 0.2) is 0 Å². The third-order valence-corrected chi connectivity index (χ3v) is 3.89. The predicted octanol–water partition coefficient (Wildman–Crippen LogP) is 2.98. The van der Waals surface area contributed by atoms with Gasteiger partial charge in [0.05, 0.1) is 0 Å². The van der Waals surface area contributed by atoms with Crippen LogP contribution in [0.4, 0.5) is 0 Å². The molecule has 1 atom stereocenters. The van der Waals surface area contributed by atoms with Gasteiger partial charge in [0.1, 0.15) is 0 Å². The van der Waals surface area contributed by atoms with E-state index in [1.165, 1.54) is 64.7 Å². The second-order valence-electron chi connectivity index (χ2n) is 5.39. The Kier molecular flexibility index (Phi) is 7.06. The van der Waals surface area contributed by atoms with Crippen molar-refractivity contribution >= 4 is 0 Å². The summed E-state index contributed by atoms with van der Waals surface area (Å²) in [6.07, 6.45) is 8.47. The molecule has 0 radical (unpaired) electrons. The van der Waals surface area contributed by atoms with Gasteiger partial charge in [0.2, 0.25) is 0 Å². The number of likely N-dealkylation sites (N-methyl/N-ethyl adjacent to an activating group) is 1. The first-order valence-electron chi connectivity index (χ1n) is 7.16. The fourth-order valence-corrected chi connectivity index (χ4v) is 2.49.